The van der Waals surface area contributed by atoms with Crippen LogP contribution in [0.25, 0.3) is 0 Å². The topological polar surface area (TPSA) is 78.9 Å². The second kappa shape index (κ2) is 11.7. The standard InChI is InChI=1S/C10H14O2.C9H12O2.C8H12O2/c1-6-8-3-4-9(6)10(7(8)2)12-5-11;1-6-7-2-3-8(4-7)9(6)11-5-10;1-7-4-2-3-5-8(7)10-6-9/h3-10H,1-2H3;2-3,5-9H,4H2,1H3;2-3,6-8H,4-5H2,1H3/t6?,7-,8?,9?,10?;6-,7?,8?,9?;7-,8?/m111/s1. The van der Waals surface area contributed by atoms with Gasteiger partial charge >= 0.3 is 0 Å². The fourth-order valence-electron chi connectivity index (χ4n) is 6.27. The smallest absolute Gasteiger partial charge is 0.293 e. The van der Waals surface area contributed by atoms with Crippen molar-refractivity contribution in [2.75, 3.05) is 0 Å². The second-order valence-corrected chi connectivity index (χ2v) is 10.1. The molecular weight excluding hydrogens is 420 g/mol. The largest absolute Gasteiger partial charge is 0.464 e. The van der Waals surface area contributed by atoms with Crippen molar-refractivity contribution in [1.82, 2.24) is 0 Å². The fourth-order valence-corrected chi connectivity index (χ4v) is 6.27. The molecule has 5 rings (SSSR count). The monoisotopic (exact) mass is 458 g/mol. The molecule has 0 N–H and O–H groups in total. The molecule has 0 spiro atoms. The van der Waals surface area contributed by atoms with E-state index in [4.69, 9.17) is 14.2 Å². The van der Waals surface area contributed by atoms with E-state index in [0.717, 1.165) is 12.8 Å². The summed E-state index contributed by atoms with van der Waals surface area (Å²) in [5, 5.41) is 0. The normalized spacial score (nSPS) is 43.1. The first-order valence-electron chi connectivity index (χ1n) is 12.2. The summed E-state index contributed by atoms with van der Waals surface area (Å²) in [5.41, 5.74) is 0. The SMILES string of the molecule is CC1C2C=CC1[C@@H](C)C2OC=O.C[C@@H]1C2C=CC(C2)C1OC=O.C[C@@H]1CC=CCC1OC=O. The summed E-state index contributed by atoms with van der Waals surface area (Å²) in [7, 11) is 0. The van der Waals surface area contributed by atoms with Crippen molar-refractivity contribution in [3.05, 3.63) is 36.5 Å². The molecule has 11 atom stereocenters. The van der Waals surface area contributed by atoms with E-state index in [-0.39, 0.29) is 18.3 Å². The van der Waals surface area contributed by atoms with Gasteiger partial charge < -0.3 is 14.2 Å². The highest BCUT2D eigenvalue weighted by atomic mass is 16.5. The zero-order valence-corrected chi connectivity index (χ0v) is 20.1. The van der Waals surface area contributed by atoms with Crippen molar-refractivity contribution in [3.8, 4) is 0 Å². The molecular formula is C27H38O6. The van der Waals surface area contributed by atoms with E-state index in [1.54, 1.807) is 0 Å². The highest BCUT2D eigenvalue weighted by Crippen LogP contribution is 2.49. The Hall–Kier alpha value is -2.37. The molecule has 182 valence electrons. The van der Waals surface area contributed by atoms with Gasteiger partial charge in [-0.05, 0) is 42.4 Å². The molecule has 0 aromatic heterocycles. The fraction of sp³-hybridized carbons (Fsp3) is 0.667. The minimum absolute atomic E-state index is 0.113. The van der Waals surface area contributed by atoms with E-state index in [1.807, 2.05) is 0 Å². The van der Waals surface area contributed by atoms with Crippen molar-refractivity contribution in [2.24, 2.45) is 47.3 Å². The molecule has 5 aliphatic rings. The van der Waals surface area contributed by atoms with Crippen LogP contribution < -0.4 is 0 Å². The third-order valence-corrected chi connectivity index (χ3v) is 8.37. The Bertz CT molecular complexity index is 758. The van der Waals surface area contributed by atoms with E-state index in [9.17, 15) is 14.4 Å². The highest BCUT2D eigenvalue weighted by Gasteiger charge is 2.48. The molecule has 33 heavy (non-hydrogen) atoms. The molecule has 0 aromatic rings. The molecule has 2 fully saturated rings. The molecule has 6 nitrogen and oxygen atoms in total. The van der Waals surface area contributed by atoms with Gasteiger partial charge in [0.15, 0.2) is 0 Å². The molecule has 0 saturated heterocycles. The maximum atomic E-state index is 10.2. The van der Waals surface area contributed by atoms with Crippen LogP contribution in [0.5, 0.6) is 0 Å². The first-order chi connectivity index (χ1) is 15.9. The summed E-state index contributed by atoms with van der Waals surface area (Å²) in [6.45, 7) is 10.4. The molecule has 0 amide bonds. The van der Waals surface area contributed by atoms with Gasteiger partial charge in [-0.1, -0.05) is 64.2 Å². The van der Waals surface area contributed by atoms with Gasteiger partial charge in [0.05, 0.1) is 0 Å². The van der Waals surface area contributed by atoms with Crippen molar-refractivity contribution in [2.45, 2.75) is 65.3 Å². The predicted molar refractivity (Wildman–Crippen MR) is 125 cm³/mol. The van der Waals surface area contributed by atoms with Crippen molar-refractivity contribution in [1.29, 1.82) is 0 Å². The van der Waals surface area contributed by atoms with E-state index in [2.05, 4.69) is 64.2 Å². The van der Waals surface area contributed by atoms with E-state index < -0.39 is 0 Å². The number of rotatable bonds is 6. The third kappa shape index (κ3) is 5.59. The lowest BCUT2D eigenvalue weighted by Crippen LogP contribution is -2.25. The van der Waals surface area contributed by atoms with Crippen molar-refractivity contribution in [3.63, 3.8) is 0 Å². The van der Waals surface area contributed by atoms with Crippen LogP contribution in [0.1, 0.15) is 47.0 Å². The number of ether oxygens (including phenoxy) is 3. The molecule has 6 heteroatoms. The molecule has 4 bridgehead atoms. The summed E-state index contributed by atoms with van der Waals surface area (Å²) in [4.78, 5) is 30.4. The van der Waals surface area contributed by atoms with Crippen LogP contribution in [-0.2, 0) is 28.6 Å². The van der Waals surface area contributed by atoms with Crippen LogP contribution in [-0.4, -0.2) is 37.7 Å². The summed E-state index contributed by atoms with van der Waals surface area (Å²) >= 11 is 0. The zero-order chi connectivity index (χ0) is 24.0. The average molecular weight is 459 g/mol. The number of carbonyl (C=O) groups excluding carboxylic acids is 3. The number of hydrogen-bond acceptors (Lipinski definition) is 6. The Morgan fingerprint density at radius 1 is 0.636 bits per heavy atom. The number of carbonyl (C=O) groups is 3. The zero-order valence-electron chi connectivity index (χ0n) is 20.1. The summed E-state index contributed by atoms with van der Waals surface area (Å²) in [6.07, 6.45) is 16.6. The van der Waals surface area contributed by atoms with Crippen LogP contribution in [0.4, 0.5) is 0 Å². The maximum absolute atomic E-state index is 10.2. The van der Waals surface area contributed by atoms with Gasteiger partial charge in [0.1, 0.15) is 18.3 Å². The Morgan fingerprint density at radius 3 is 1.79 bits per heavy atom. The quantitative estimate of drug-likeness (QED) is 0.331. The summed E-state index contributed by atoms with van der Waals surface area (Å²) < 4.78 is 15.0. The van der Waals surface area contributed by atoms with Crippen LogP contribution >= 0.6 is 0 Å². The highest BCUT2D eigenvalue weighted by molar-refractivity contribution is 5.39. The van der Waals surface area contributed by atoms with Crippen molar-refractivity contribution >= 4 is 19.4 Å². The van der Waals surface area contributed by atoms with Gasteiger partial charge in [-0.25, -0.2) is 0 Å². The first-order valence-corrected chi connectivity index (χ1v) is 12.2. The van der Waals surface area contributed by atoms with Crippen LogP contribution in [0, 0.1) is 47.3 Å². The molecule has 0 heterocycles. The lowest BCUT2D eigenvalue weighted by molar-refractivity contribution is -0.137. The molecule has 2 saturated carbocycles. The van der Waals surface area contributed by atoms with Crippen LogP contribution in [0.2, 0.25) is 0 Å². The van der Waals surface area contributed by atoms with E-state index >= 15 is 0 Å². The minimum Gasteiger partial charge on any atom is -0.464 e. The average Bonchev–Trinajstić information content (AvgIpc) is 3.55. The van der Waals surface area contributed by atoms with Crippen molar-refractivity contribution < 1.29 is 28.6 Å². The van der Waals surface area contributed by atoms with Crippen LogP contribution in [0.3, 0.4) is 0 Å². The second-order valence-electron chi connectivity index (χ2n) is 10.1. The third-order valence-electron chi connectivity index (χ3n) is 8.37. The molecule has 8 unspecified atom stereocenters. The molecule has 0 radical (unpaired) electrons. The Balaban J connectivity index is 0.000000140. The van der Waals surface area contributed by atoms with Gasteiger partial charge in [0.25, 0.3) is 19.4 Å². The van der Waals surface area contributed by atoms with Gasteiger partial charge in [-0.2, -0.15) is 0 Å². The predicted octanol–water partition coefficient (Wildman–Crippen LogP) is 4.50. The Labute approximate surface area is 197 Å². The van der Waals surface area contributed by atoms with Gasteiger partial charge in [0.2, 0.25) is 0 Å². The number of allylic oxidation sites excluding steroid dienone is 3. The lowest BCUT2D eigenvalue weighted by atomic mass is 9.92. The number of hydrogen-bond donors (Lipinski definition) is 0. The van der Waals surface area contributed by atoms with Crippen LogP contribution in [0.15, 0.2) is 36.5 Å². The lowest BCUT2D eigenvalue weighted by Gasteiger charge is -2.22. The first kappa shape index (κ1) is 25.3. The van der Waals surface area contributed by atoms with Gasteiger partial charge in [0, 0.05) is 24.2 Å². The van der Waals surface area contributed by atoms with E-state index in [1.165, 1.54) is 6.42 Å². The van der Waals surface area contributed by atoms with E-state index in [0.29, 0.717) is 66.8 Å². The van der Waals surface area contributed by atoms with Gasteiger partial charge in [-0.3, -0.25) is 14.4 Å². The molecule has 0 aliphatic heterocycles. The van der Waals surface area contributed by atoms with Gasteiger partial charge in [-0.15, -0.1) is 0 Å². The Kier molecular flexibility index (Phi) is 8.93. The maximum Gasteiger partial charge on any atom is 0.293 e. The summed E-state index contributed by atoms with van der Waals surface area (Å²) in [6, 6.07) is 0. The number of fused-ring (bicyclic) bond motifs is 4. The summed E-state index contributed by atoms with van der Waals surface area (Å²) in [5.74, 6) is 4.41. The molecule has 0 aromatic carbocycles. The Morgan fingerprint density at radius 2 is 1.24 bits per heavy atom. The minimum atomic E-state index is 0.113. The molecule has 5 aliphatic carbocycles.